The molecular formula is C24H41N5O2. The minimum Gasteiger partial charge on any atom is -0.379 e. The molecule has 174 valence electrons. The molecule has 0 bridgehead atoms. The summed E-state index contributed by atoms with van der Waals surface area (Å²) in [6.45, 7) is 17.9. The normalized spacial score (nSPS) is 16.3. The third-order valence-electron chi connectivity index (χ3n) is 5.78. The Bertz CT molecular complexity index is 680. The molecule has 31 heavy (non-hydrogen) atoms. The third kappa shape index (κ3) is 7.82. The number of rotatable bonds is 10. The van der Waals surface area contributed by atoms with E-state index in [2.05, 4.69) is 36.3 Å². The van der Waals surface area contributed by atoms with E-state index in [1.807, 2.05) is 43.0 Å². The van der Waals surface area contributed by atoms with E-state index in [1.165, 1.54) is 0 Å². The summed E-state index contributed by atoms with van der Waals surface area (Å²) in [7, 11) is 0. The molecule has 1 amide bonds. The van der Waals surface area contributed by atoms with Crippen molar-refractivity contribution in [2.75, 3.05) is 52.5 Å². The molecule has 7 nitrogen and oxygen atoms in total. The van der Waals surface area contributed by atoms with E-state index < -0.39 is 0 Å². The van der Waals surface area contributed by atoms with Crippen LogP contribution in [0.3, 0.4) is 0 Å². The number of hydrogen-bond donors (Lipinski definition) is 2. The Labute approximate surface area is 188 Å². The highest BCUT2D eigenvalue weighted by atomic mass is 16.5. The minimum atomic E-state index is 0.0814. The van der Waals surface area contributed by atoms with Crippen LogP contribution in [0.2, 0.25) is 0 Å². The lowest BCUT2D eigenvalue weighted by atomic mass is 10.0. The van der Waals surface area contributed by atoms with Crippen LogP contribution in [0.15, 0.2) is 29.3 Å². The van der Waals surface area contributed by atoms with Gasteiger partial charge >= 0.3 is 0 Å². The fourth-order valence-corrected chi connectivity index (χ4v) is 3.86. The van der Waals surface area contributed by atoms with Crippen LogP contribution in [0.1, 0.15) is 50.5 Å². The zero-order valence-electron chi connectivity index (χ0n) is 20.0. The van der Waals surface area contributed by atoms with E-state index in [0.29, 0.717) is 18.5 Å². The molecular weight excluding hydrogens is 390 g/mol. The van der Waals surface area contributed by atoms with Gasteiger partial charge in [0.1, 0.15) is 0 Å². The molecule has 0 aliphatic carbocycles. The Balaban J connectivity index is 1.97. The van der Waals surface area contributed by atoms with Gasteiger partial charge in [-0.05, 0) is 44.4 Å². The zero-order chi connectivity index (χ0) is 22.6. The maximum Gasteiger partial charge on any atom is 0.253 e. The summed E-state index contributed by atoms with van der Waals surface area (Å²) < 4.78 is 5.51. The first-order valence-electron chi connectivity index (χ1n) is 11.7. The van der Waals surface area contributed by atoms with Gasteiger partial charge in [-0.15, -0.1) is 0 Å². The van der Waals surface area contributed by atoms with Crippen molar-refractivity contribution in [2.24, 2.45) is 10.9 Å². The topological polar surface area (TPSA) is 69.2 Å². The van der Waals surface area contributed by atoms with Crippen molar-refractivity contribution in [2.45, 2.75) is 47.2 Å². The van der Waals surface area contributed by atoms with E-state index in [0.717, 1.165) is 69.6 Å². The number of morpholine rings is 1. The molecule has 0 saturated carbocycles. The highest BCUT2D eigenvalue weighted by Crippen LogP contribution is 2.12. The highest BCUT2D eigenvalue weighted by Gasteiger charge is 2.23. The number of guanidine groups is 1. The van der Waals surface area contributed by atoms with Crippen molar-refractivity contribution in [3.8, 4) is 0 Å². The summed E-state index contributed by atoms with van der Waals surface area (Å²) in [4.78, 5) is 21.6. The van der Waals surface area contributed by atoms with Crippen molar-refractivity contribution in [3.63, 3.8) is 0 Å². The van der Waals surface area contributed by atoms with Crippen LogP contribution >= 0.6 is 0 Å². The van der Waals surface area contributed by atoms with Gasteiger partial charge < -0.3 is 20.3 Å². The van der Waals surface area contributed by atoms with Crippen molar-refractivity contribution in [1.82, 2.24) is 20.4 Å². The van der Waals surface area contributed by atoms with Gasteiger partial charge in [0.05, 0.1) is 19.8 Å². The first kappa shape index (κ1) is 25.1. The first-order chi connectivity index (χ1) is 15.0. The lowest BCUT2D eigenvalue weighted by Crippen LogP contribution is -2.52. The Morgan fingerprint density at radius 2 is 1.74 bits per heavy atom. The molecule has 0 aromatic heterocycles. The molecule has 2 rings (SSSR count). The number of amides is 1. The van der Waals surface area contributed by atoms with Gasteiger partial charge in [0, 0.05) is 50.9 Å². The molecule has 1 atom stereocenters. The third-order valence-corrected chi connectivity index (χ3v) is 5.78. The van der Waals surface area contributed by atoms with Gasteiger partial charge in [0.2, 0.25) is 0 Å². The maximum absolute atomic E-state index is 12.5. The molecule has 1 aromatic carbocycles. The lowest BCUT2D eigenvalue weighted by molar-refractivity contribution is 0.00752. The second-order valence-electron chi connectivity index (χ2n) is 8.21. The Kier molecular flexibility index (Phi) is 10.8. The van der Waals surface area contributed by atoms with Gasteiger partial charge in [-0.3, -0.25) is 9.69 Å². The number of ether oxygens (including phenoxy) is 1. The summed E-state index contributed by atoms with van der Waals surface area (Å²) in [6.07, 6.45) is 0. The second-order valence-corrected chi connectivity index (χ2v) is 8.21. The van der Waals surface area contributed by atoms with E-state index in [1.54, 1.807) is 0 Å². The number of nitrogens with one attached hydrogen (secondary N) is 2. The van der Waals surface area contributed by atoms with E-state index in [-0.39, 0.29) is 5.91 Å². The molecule has 1 aliphatic heterocycles. The van der Waals surface area contributed by atoms with Crippen LogP contribution in [0.4, 0.5) is 0 Å². The van der Waals surface area contributed by atoms with Crippen LogP contribution < -0.4 is 10.6 Å². The molecule has 1 aliphatic rings. The van der Waals surface area contributed by atoms with Crippen LogP contribution in [0.25, 0.3) is 0 Å². The summed E-state index contributed by atoms with van der Waals surface area (Å²) in [5, 5.41) is 6.87. The standard InChI is InChI=1S/C24H41N5O2/c1-6-25-24(27-18-22(19(4)5)29-13-15-31-16-14-29)26-17-20-9-11-21(12-10-20)23(30)28(7-2)8-3/h9-12,19,22H,6-8,13-18H2,1-5H3,(H2,25,26,27). The van der Waals surface area contributed by atoms with Gasteiger partial charge in [0.15, 0.2) is 5.96 Å². The van der Waals surface area contributed by atoms with Crippen LogP contribution in [-0.2, 0) is 11.3 Å². The van der Waals surface area contributed by atoms with Crippen LogP contribution in [0, 0.1) is 5.92 Å². The first-order valence-corrected chi connectivity index (χ1v) is 11.7. The Hall–Kier alpha value is -2.12. The molecule has 1 aromatic rings. The fourth-order valence-electron chi connectivity index (χ4n) is 3.86. The Morgan fingerprint density at radius 1 is 1.10 bits per heavy atom. The molecule has 1 fully saturated rings. The predicted molar refractivity (Wildman–Crippen MR) is 128 cm³/mol. The van der Waals surface area contributed by atoms with E-state index in [4.69, 9.17) is 9.73 Å². The molecule has 2 N–H and O–H groups in total. The average molecular weight is 432 g/mol. The van der Waals surface area contributed by atoms with Crippen molar-refractivity contribution < 1.29 is 9.53 Å². The predicted octanol–water partition coefficient (Wildman–Crippen LogP) is 2.58. The van der Waals surface area contributed by atoms with E-state index in [9.17, 15) is 4.79 Å². The smallest absolute Gasteiger partial charge is 0.253 e. The Morgan fingerprint density at radius 3 is 2.29 bits per heavy atom. The molecule has 0 radical (unpaired) electrons. The number of aliphatic imine (C=N–C) groups is 1. The highest BCUT2D eigenvalue weighted by molar-refractivity contribution is 5.94. The zero-order valence-corrected chi connectivity index (χ0v) is 20.0. The largest absolute Gasteiger partial charge is 0.379 e. The molecule has 7 heteroatoms. The molecule has 1 unspecified atom stereocenters. The van der Waals surface area contributed by atoms with Gasteiger partial charge in [-0.25, -0.2) is 4.99 Å². The van der Waals surface area contributed by atoms with Crippen molar-refractivity contribution >= 4 is 11.9 Å². The van der Waals surface area contributed by atoms with Crippen LogP contribution in [-0.4, -0.2) is 80.2 Å². The summed E-state index contributed by atoms with van der Waals surface area (Å²) in [6, 6.07) is 8.24. The number of nitrogens with zero attached hydrogens (tertiary/aromatic N) is 3. The monoisotopic (exact) mass is 431 g/mol. The van der Waals surface area contributed by atoms with Gasteiger partial charge in [-0.2, -0.15) is 0 Å². The number of hydrogen-bond acceptors (Lipinski definition) is 4. The van der Waals surface area contributed by atoms with Crippen molar-refractivity contribution in [3.05, 3.63) is 35.4 Å². The second kappa shape index (κ2) is 13.3. The average Bonchev–Trinajstić information content (AvgIpc) is 2.79. The minimum absolute atomic E-state index is 0.0814. The summed E-state index contributed by atoms with van der Waals surface area (Å²) in [5.41, 5.74) is 1.81. The molecule has 1 saturated heterocycles. The van der Waals surface area contributed by atoms with Gasteiger partial charge in [-0.1, -0.05) is 26.0 Å². The lowest BCUT2D eigenvalue weighted by Gasteiger charge is -2.37. The van der Waals surface area contributed by atoms with Gasteiger partial charge in [0.25, 0.3) is 5.91 Å². The van der Waals surface area contributed by atoms with Crippen molar-refractivity contribution in [1.29, 1.82) is 0 Å². The number of carbonyl (C=O) groups is 1. The fraction of sp³-hybridized carbons (Fsp3) is 0.667. The molecule has 1 heterocycles. The number of benzene rings is 1. The maximum atomic E-state index is 12.5. The summed E-state index contributed by atoms with van der Waals surface area (Å²) in [5.74, 6) is 1.45. The quantitative estimate of drug-likeness (QED) is 0.440. The SMILES string of the molecule is CCNC(=NCc1ccc(C(=O)N(CC)CC)cc1)NCC(C(C)C)N1CCOCC1. The number of carbonyl (C=O) groups excluding carboxylic acids is 1. The molecule has 0 spiro atoms. The summed E-state index contributed by atoms with van der Waals surface area (Å²) >= 11 is 0. The van der Waals surface area contributed by atoms with E-state index >= 15 is 0 Å². The van der Waals surface area contributed by atoms with Crippen LogP contribution in [0.5, 0.6) is 0 Å².